The van der Waals surface area contributed by atoms with Crippen molar-refractivity contribution < 1.29 is 14.9 Å². The van der Waals surface area contributed by atoms with Gasteiger partial charge >= 0.3 is 0 Å². The summed E-state index contributed by atoms with van der Waals surface area (Å²) in [4.78, 5) is 0. The van der Waals surface area contributed by atoms with E-state index in [-0.39, 0.29) is 28.8 Å². The molecule has 0 amide bonds. The van der Waals surface area contributed by atoms with Gasteiger partial charge in [-0.3, -0.25) is 5.10 Å². The van der Waals surface area contributed by atoms with Crippen LogP contribution in [-0.4, -0.2) is 20.4 Å². The van der Waals surface area contributed by atoms with E-state index in [9.17, 15) is 15.5 Å². The van der Waals surface area contributed by atoms with Crippen molar-refractivity contribution in [1.29, 1.82) is 5.26 Å². The second-order valence-electron chi connectivity index (χ2n) is 7.05. The first-order valence-corrected chi connectivity index (χ1v) is 9.23. The van der Waals surface area contributed by atoms with Crippen LogP contribution in [0.25, 0.3) is 22.0 Å². The molecule has 1 unspecified atom stereocenters. The van der Waals surface area contributed by atoms with Crippen LogP contribution in [0.3, 0.4) is 0 Å². The molecule has 1 aliphatic rings. The zero-order chi connectivity index (χ0) is 20.8. The summed E-state index contributed by atoms with van der Waals surface area (Å²) >= 11 is 0. The maximum absolute atomic E-state index is 10.5. The highest BCUT2D eigenvalue weighted by Gasteiger charge is 2.37. The van der Waals surface area contributed by atoms with Crippen LogP contribution in [0, 0.1) is 11.3 Å². The SMILES string of the molecule is N#CC1=C(N)Oc2n[nH]c(-c3ccc4ccccc4c3)c2C1c1cc(O)ccc1O. The summed E-state index contributed by atoms with van der Waals surface area (Å²) in [7, 11) is 0. The first-order chi connectivity index (χ1) is 14.6. The molecule has 146 valence electrons. The number of nitrogens with zero attached hydrogens (tertiary/aromatic N) is 2. The molecule has 30 heavy (non-hydrogen) atoms. The minimum absolute atomic E-state index is 0.0394. The maximum atomic E-state index is 10.5. The number of aromatic amines is 1. The highest BCUT2D eigenvalue weighted by atomic mass is 16.5. The summed E-state index contributed by atoms with van der Waals surface area (Å²) in [6.07, 6.45) is 0. The molecule has 1 aliphatic heterocycles. The molecule has 0 aliphatic carbocycles. The van der Waals surface area contributed by atoms with Crippen LogP contribution >= 0.6 is 0 Å². The van der Waals surface area contributed by atoms with Gasteiger partial charge in [-0.05, 0) is 35.0 Å². The number of ether oxygens (including phenoxy) is 1. The maximum Gasteiger partial charge on any atom is 0.244 e. The summed E-state index contributed by atoms with van der Waals surface area (Å²) in [5.74, 6) is -0.734. The number of hydrogen-bond acceptors (Lipinski definition) is 6. The predicted octanol–water partition coefficient (Wildman–Crippen LogP) is 3.86. The zero-order valence-electron chi connectivity index (χ0n) is 15.6. The number of hydrogen-bond donors (Lipinski definition) is 4. The normalized spacial score (nSPS) is 15.5. The number of nitrogens with two attached hydrogens (primary N) is 1. The third-order valence-corrected chi connectivity index (χ3v) is 5.30. The number of nitrogens with one attached hydrogen (secondary N) is 1. The molecule has 4 aromatic rings. The number of rotatable bonds is 2. The highest BCUT2D eigenvalue weighted by Crippen LogP contribution is 2.48. The molecule has 0 spiro atoms. The number of aromatic nitrogens is 2. The molecule has 5 rings (SSSR count). The molecular formula is C23H16N4O3. The van der Waals surface area contributed by atoms with Crippen molar-refractivity contribution >= 4 is 10.8 Å². The van der Waals surface area contributed by atoms with Gasteiger partial charge in [0.15, 0.2) is 0 Å². The van der Waals surface area contributed by atoms with Crippen molar-refractivity contribution in [3.8, 4) is 34.7 Å². The van der Waals surface area contributed by atoms with Crippen LogP contribution in [0.2, 0.25) is 0 Å². The average molecular weight is 396 g/mol. The number of fused-ring (bicyclic) bond motifs is 2. The van der Waals surface area contributed by atoms with Crippen molar-refractivity contribution in [2.45, 2.75) is 5.92 Å². The largest absolute Gasteiger partial charge is 0.508 e. The van der Waals surface area contributed by atoms with E-state index in [1.165, 1.54) is 18.2 Å². The van der Waals surface area contributed by atoms with Gasteiger partial charge in [-0.15, -0.1) is 5.10 Å². The number of H-pyrrole nitrogens is 1. The van der Waals surface area contributed by atoms with Crippen molar-refractivity contribution in [2.75, 3.05) is 0 Å². The Morgan fingerprint density at radius 1 is 1.03 bits per heavy atom. The Balaban J connectivity index is 1.76. The first-order valence-electron chi connectivity index (χ1n) is 9.23. The van der Waals surface area contributed by atoms with E-state index in [0.717, 1.165) is 16.3 Å². The number of nitriles is 1. The third-order valence-electron chi connectivity index (χ3n) is 5.30. The second-order valence-corrected chi connectivity index (χ2v) is 7.05. The molecule has 3 aromatic carbocycles. The summed E-state index contributed by atoms with van der Waals surface area (Å²) in [6.45, 7) is 0. The summed E-state index contributed by atoms with van der Waals surface area (Å²) in [5, 5.41) is 39.6. The van der Waals surface area contributed by atoms with Crippen molar-refractivity contribution in [3.63, 3.8) is 0 Å². The molecule has 0 radical (unpaired) electrons. The van der Waals surface area contributed by atoms with Crippen LogP contribution in [-0.2, 0) is 0 Å². The Bertz CT molecular complexity index is 1380. The highest BCUT2D eigenvalue weighted by molar-refractivity contribution is 5.87. The van der Waals surface area contributed by atoms with Crippen molar-refractivity contribution in [1.82, 2.24) is 10.2 Å². The lowest BCUT2D eigenvalue weighted by atomic mass is 9.82. The van der Waals surface area contributed by atoms with Gasteiger partial charge in [0.1, 0.15) is 23.1 Å². The Morgan fingerprint density at radius 3 is 2.63 bits per heavy atom. The number of aromatic hydroxyl groups is 2. The van der Waals surface area contributed by atoms with E-state index in [1.807, 2.05) is 42.5 Å². The molecule has 5 N–H and O–H groups in total. The lowest BCUT2D eigenvalue weighted by Gasteiger charge is -2.24. The van der Waals surface area contributed by atoms with Gasteiger partial charge in [0.2, 0.25) is 11.8 Å². The number of allylic oxidation sites excluding steroid dienone is 1. The molecular weight excluding hydrogens is 380 g/mol. The number of benzene rings is 3. The second kappa shape index (κ2) is 6.57. The van der Waals surface area contributed by atoms with E-state index < -0.39 is 5.92 Å². The average Bonchev–Trinajstić information content (AvgIpc) is 3.17. The summed E-state index contributed by atoms with van der Waals surface area (Å²) in [6, 6.07) is 20.2. The molecule has 0 saturated heterocycles. The van der Waals surface area contributed by atoms with Crippen LogP contribution in [0.4, 0.5) is 0 Å². The molecule has 1 atom stereocenters. The van der Waals surface area contributed by atoms with Gasteiger partial charge in [0.25, 0.3) is 0 Å². The monoisotopic (exact) mass is 396 g/mol. The van der Waals surface area contributed by atoms with E-state index in [0.29, 0.717) is 16.8 Å². The molecule has 2 heterocycles. The fraction of sp³-hybridized carbons (Fsp3) is 0.0435. The Labute approximate surface area is 171 Å². The smallest absolute Gasteiger partial charge is 0.244 e. The molecule has 0 bridgehead atoms. The predicted molar refractivity (Wildman–Crippen MR) is 111 cm³/mol. The van der Waals surface area contributed by atoms with E-state index in [2.05, 4.69) is 16.3 Å². The fourth-order valence-corrected chi connectivity index (χ4v) is 3.89. The van der Waals surface area contributed by atoms with E-state index >= 15 is 0 Å². The lowest BCUT2D eigenvalue weighted by molar-refractivity contribution is 0.377. The lowest BCUT2D eigenvalue weighted by Crippen LogP contribution is -2.21. The van der Waals surface area contributed by atoms with Gasteiger partial charge in [-0.2, -0.15) is 5.26 Å². The molecule has 7 heteroatoms. The third kappa shape index (κ3) is 2.63. The van der Waals surface area contributed by atoms with Crippen molar-refractivity contribution in [3.05, 3.63) is 83.2 Å². The molecule has 7 nitrogen and oxygen atoms in total. The van der Waals surface area contributed by atoms with Crippen LogP contribution in [0.5, 0.6) is 17.4 Å². The van der Waals surface area contributed by atoms with Gasteiger partial charge in [-0.25, -0.2) is 0 Å². The summed E-state index contributed by atoms with van der Waals surface area (Å²) in [5.41, 5.74) is 8.50. The number of phenols is 2. The molecule has 1 aromatic heterocycles. The van der Waals surface area contributed by atoms with Crippen molar-refractivity contribution in [2.24, 2.45) is 5.73 Å². The topological polar surface area (TPSA) is 128 Å². The Morgan fingerprint density at radius 2 is 1.83 bits per heavy atom. The molecule has 0 fully saturated rings. The van der Waals surface area contributed by atoms with Gasteiger partial charge in [-0.1, -0.05) is 36.4 Å². The number of phenolic OH excluding ortho intramolecular Hbond substituents is 2. The van der Waals surface area contributed by atoms with E-state index in [1.54, 1.807) is 0 Å². The summed E-state index contributed by atoms with van der Waals surface area (Å²) < 4.78 is 5.60. The van der Waals surface area contributed by atoms with Crippen LogP contribution in [0.15, 0.2) is 72.1 Å². The minimum Gasteiger partial charge on any atom is -0.508 e. The Kier molecular flexibility index (Phi) is 3.86. The van der Waals surface area contributed by atoms with Gasteiger partial charge < -0.3 is 20.7 Å². The minimum atomic E-state index is -0.758. The first kappa shape index (κ1) is 17.6. The Hall–Kier alpha value is -4.44. The van der Waals surface area contributed by atoms with Gasteiger partial charge in [0, 0.05) is 11.1 Å². The van der Waals surface area contributed by atoms with E-state index in [4.69, 9.17) is 10.5 Å². The fourth-order valence-electron chi connectivity index (χ4n) is 3.89. The standard InChI is InChI=1S/C23H16N4O3/c24-11-17-19(16-10-15(28)7-8-18(16)29)20-21(26-27-23(20)30-22(17)25)14-6-5-12-3-1-2-4-13(12)9-14/h1-10,19,28-29H,25H2,(H,26,27). The quantitative estimate of drug-likeness (QED) is 0.381. The van der Waals surface area contributed by atoms with Crippen LogP contribution < -0.4 is 10.5 Å². The zero-order valence-corrected chi connectivity index (χ0v) is 15.6. The van der Waals surface area contributed by atoms with Gasteiger partial charge in [0.05, 0.1) is 17.2 Å². The van der Waals surface area contributed by atoms with Crippen LogP contribution in [0.1, 0.15) is 17.0 Å². The molecule has 0 saturated carbocycles.